The molecular formula is C16H24N2O2. The lowest BCUT2D eigenvalue weighted by Gasteiger charge is -2.30. The molecule has 4 nitrogen and oxygen atoms in total. The zero-order chi connectivity index (χ0) is 14.4. The highest BCUT2D eigenvalue weighted by molar-refractivity contribution is 5.74. The minimum Gasteiger partial charge on any atom is -0.492 e. The van der Waals surface area contributed by atoms with E-state index < -0.39 is 0 Å². The first-order valence-corrected chi connectivity index (χ1v) is 7.37. The fourth-order valence-corrected chi connectivity index (χ4v) is 2.28. The number of hydrogen-bond donors (Lipinski definition) is 1. The van der Waals surface area contributed by atoms with Crippen molar-refractivity contribution in [1.82, 2.24) is 10.2 Å². The van der Waals surface area contributed by atoms with Gasteiger partial charge in [-0.25, -0.2) is 4.79 Å². The number of rotatable bonds is 4. The van der Waals surface area contributed by atoms with Gasteiger partial charge in [0.25, 0.3) is 0 Å². The highest BCUT2D eigenvalue weighted by atomic mass is 16.5. The summed E-state index contributed by atoms with van der Waals surface area (Å²) >= 11 is 0. The van der Waals surface area contributed by atoms with Gasteiger partial charge in [-0.1, -0.05) is 24.6 Å². The van der Waals surface area contributed by atoms with E-state index in [0.717, 1.165) is 37.6 Å². The van der Waals surface area contributed by atoms with E-state index in [1.54, 1.807) is 0 Å². The number of carbonyl (C=O) groups excluding carboxylic acids is 1. The van der Waals surface area contributed by atoms with Crippen molar-refractivity contribution in [3.05, 3.63) is 29.8 Å². The molecule has 1 aromatic carbocycles. The average Bonchev–Trinajstić information content (AvgIpc) is 2.46. The van der Waals surface area contributed by atoms with E-state index in [1.165, 1.54) is 5.56 Å². The highest BCUT2D eigenvalue weighted by Crippen LogP contribution is 2.15. The van der Waals surface area contributed by atoms with E-state index in [1.807, 2.05) is 36.1 Å². The number of ether oxygens (including phenoxy) is 1. The summed E-state index contributed by atoms with van der Waals surface area (Å²) in [4.78, 5) is 13.8. The van der Waals surface area contributed by atoms with Crippen molar-refractivity contribution in [2.75, 3.05) is 26.2 Å². The molecule has 0 atom stereocenters. The number of aryl methyl sites for hydroxylation is 1. The fourth-order valence-electron chi connectivity index (χ4n) is 2.28. The topological polar surface area (TPSA) is 41.6 Å². The molecule has 0 radical (unpaired) electrons. The van der Waals surface area contributed by atoms with Crippen LogP contribution in [0.4, 0.5) is 4.79 Å². The van der Waals surface area contributed by atoms with Crippen LogP contribution in [0.3, 0.4) is 0 Å². The van der Waals surface area contributed by atoms with E-state index in [4.69, 9.17) is 4.74 Å². The number of carbonyl (C=O) groups is 1. The predicted molar refractivity (Wildman–Crippen MR) is 80.0 cm³/mol. The van der Waals surface area contributed by atoms with Crippen LogP contribution in [0, 0.1) is 12.8 Å². The molecule has 1 heterocycles. The Morgan fingerprint density at radius 1 is 1.30 bits per heavy atom. The lowest BCUT2D eigenvalue weighted by Crippen LogP contribution is -2.45. The Balaban J connectivity index is 1.63. The summed E-state index contributed by atoms with van der Waals surface area (Å²) in [5.74, 6) is 1.58. The van der Waals surface area contributed by atoms with E-state index >= 15 is 0 Å². The van der Waals surface area contributed by atoms with Gasteiger partial charge in [-0.05, 0) is 37.8 Å². The minimum absolute atomic E-state index is 0.0319. The molecule has 1 aromatic rings. The summed E-state index contributed by atoms with van der Waals surface area (Å²) in [5.41, 5.74) is 1.21. The van der Waals surface area contributed by atoms with Crippen LogP contribution in [0.15, 0.2) is 24.3 Å². The van der Waals surface area contributed by atoms with Crippen molar-refractivity contribution in [3.8, 4) is 5.75 Å². The Hall–Kier alpha value is -1.71. The summed E-state index contributed by atoms with van der Waals surface area (Å²) in [6, 6.07) is 7.96. The molecule has 1 aliphatic rings. The standard InChI is InChI=1S/C16H24N2O2/c1-13-3-5-15(6-4-13)20-12-9-17-16(19)18-10-7-14(2)8-11-18/h3-6,14H,7-12H2,1-2H3,(H,17,19). The molecule has 110 valence electrons. The second kappa shape index (κ2) is 7.17. The van der Waals surface area contributed by atoms with Crippen LogP contribution < -0.4 is 10.1 Å². The van der Waals surface area contributed by atoms with E-state index in [-0.39, 0.29) is 6.03 Å². The lowest BCUT2D eigenvalue weighted by atomic mass is 10.00. The third kappa shape index (κ3) is 4.44. The van der Waals surface area contributed by atoms with Gasteiger partial charge in [-0.2, -0.15) is 0 Å². The lowest BCUT2D eigenvalue weighted by molar-refractivity contribution is 0.172. The molecule has 2 amide bonds. The molecule has 0 aromatic heterocycles. The summed E-state index contributed by atoms with van der Waals surface area (Å²) in [5, 5.41) is 2.91. The van der Waals surface area contributed by atoms with Crippen LogP contribution in [-0.4, -0.2) is 37.2 Å². The van der Waals surface area contributed by atoms with E-state index in [0.29, 0.717) is 13.2 Å². The molecule has 1 N–H and O–H groups in total. The molecule has 1 fully saturated rings. The van der Waals surface area contributed by atoms with Gasteiger partial charge in [-0.15, -0.1) is 0 Å². The number of nitrogens with zero attached hydrogens (tertiary/aromatic N) is 1. The maximum atomic E-state index is 11.9. The molecule has 2 rings (SSSR count). The monoisotopic (exact) mass is 276 g/mol. The molecule has 0 bridgehead atoms. The van der Waals surface area contributed by atoms with Crippen LogP contribution >= 0.6 is 0 Å². The quantitative estimate of drug-likeness (QED) is 0.859. The maximum absolute atomic E-state index is 11.9. The Morgan fingerprint density at radius 2 is 1.95 bits per heavy atom. The number of piperidine rings is 1. The third-order valence-electron chi connectivity index (χ3n) is 3.74. The number of nitrogens with one attached hydrogen (secondary N) is 1. The summed E-state index contributed by atoms with van der Waals surface area (Å²) in [6.45, 7) is 7.06. The van der Waals surface area contributed by atoms with Gasteiger partial charge in [0.1, 0.15) is 12.4 Å². The van der Waals surface area contributed by atoms with Crippen LogP contribution in [0.1, 0.15) is 25.3 Å². The first-order chi connectivity index (χ1) is 9.65. The SMILES string of the molecule is Cc1ccc(OCCNC(=O)N2CCC(C)CC2)cc1. The second-order valence-corrected chi connectivity index (χ2v) is 5.56. The van der Waals surface area contributed by atoms with Gasteiger partial charge < -0.3 is 15.0 Å². The number of urea groups is 1. The van der Waals surface area contributed by atoms with Crippen molar-refractivity contribution in [2.24, 2.45) is 5.92 Å². The zero-order valence-corrected chi connectivity index (χ0v) is 12.4. The van der Waals surface area contributed by atoms with Crippen molar-refractivity contribution >= 4 is 6.03 Å². The van der Waals surface area contributed by atoms with Gasteiger partial charge in [0.2, 0.25) is 0 Å². The van der Waals surface area contributed by atoms with Crippen LogP contribution in [0.25, 0.3) is 0 Å². The highest BCUT2D eigenvalue weighted by Gasteiger charge is 2.19. The molecule has 0 spiro atoms. The molecule has 20 heavy (non-hydrogen) atoms. The van der Waals surface area contributed by atoms with Gasteiger partial charge in [0.05, 0.1) is 6.54 Å². The van der Waals surface area contributed by atoms with Gasteiger partial charge in [0.15, 0.2) is 0 Å². The molecule has 0 aliphatic carbocycles. The second-order valence-electron chi connectivity index (χ2n) is 5.56. The van der Waals surface area contributed by atoms with Gasteiger partial charge >= 0.3 is 6.03 Å². The fraction of sp³-hybridized carbons (Fsp3) is 0.562. The van der Waals surface area contributed by atoms with E-state index in [9.17, 15) is 4.79 Å². The number of amides is 2. The molecule has 1 aliphatic heterocycles. The Morgan fingerprint density at radius 3 is 2.60 bits per heavy atom. The molecular weight excluding hydrogens is 252 g/mol. The summed E-state index contributed by atoms with van der Waals surface area (Å²) < 4.78 is 5.58. The summed E-state index contributed by atoms with van der Waals surface area (Å²) in [6.07, 6.45) is 2.21. The molecule has 0 unspecified atom stereocenters. The predicted octanol–water partition coefficient (Wildman–Crippen LogP) is 2.82. The van der Waals surface area contributed by atoms with E-state index in [2.05, 4.69) is 12.2 Å². The minimum atomic E-state index is 0.0319. The van der Waals surface area contributed by atoms with Crippen molar-refractivity contribution in [3.63, 3.8) is 0 Å². The first kappa shape index (κ1) is 14.7. The van der Waals surface area contributed by atoms with Crippen LogP contribution in [0.2, 0.25) is 0 Å². The first-order valence-electron chi connectivity index (χ1n) is 7.37. The zero-order valence-electron chi connectivity index (χ0n) is 12.4. The van der Waals surface area contributed by atoms with Crippen molar-refractivity contribution in [1.29, 1.82) is 0 Å². The normalized spacial score (nSPS) is 16.0. The van der Waals surface area contributed by atoms with Gasteiger partial charge in [-0.3, -0.25) is 0 Å². The largest absolute Gasteiger partial charge is 0.492 e. The Kier molecular flexibility index (Phi) is 5.27. The van der Waals surface area contributed by atoms with Gasteiger partial charge in [0, 0.05) is 13.1 Å². The van der Waals surface area contributed by atoms with Crippen molar-refractivity contribution in [2.45, 2.75) is 26.7 Å². The number of hydrogen-bond acceptors (Lipinski definition) is 2. The number of likely N-dealkylation sites (tertiary alicyclic amines) is 1. The van der Waals surface area contributed by atoms with Crippen LogP contribution in [0.5, 0.6) is 5.75 Å². The summed E-state index contributed by atoms with van der Waals surface area (Å²) in [7, 11) is 0. The smallest absolute Gasteiger partial charge is 0.317 e. The van der Waals surface area contributed by atoms with Crippen molar-refractivity contribution < 1.29 is 9.53 Å². The van der Waals surface area contributed by atoms with Crippen LogP contribution in [-0.2, 0) is 0 Å². The molecule has 0 saturated carbocycles. The third-order valence-corrected chi connectivity index (χ3v) is 3.74. The maximum Gasteiger partial charge on any atom is 0.317 e. The molecule has 1 saturated heterocycles. The number of benzene rings is 1. The Labute approximate surface area is 121 Å². The average molecular weight is 276 g/mol. The Bertz CT molecular complexity index is 423. The molecule has 4 heteroatoms.